The van der Waals surface area contributed by atoms with Gasteiger partial charge in [-0.15, -0.1) is 0 Å². The van der Waals surface area contributed by atoms with Crippen molar-refractivity contribution < 1.29 is 13.9 Å². The molecule has 0 aliphatic heterocycles. The third-order valence-electron chi connectivity index (χ3n) is 3.42. The number of para-hydroxylation sites is 1. The normalized spacial score (nSPS) is 10.7. The Labute approximate surface area is 149 Å². The summed E-state index contributed by atoms with van der Waals surface area (Å²) >= 11 is 3.37. The van der Waals surface area contributed by atoms with E-state index in [0.29, 0.717) is 26.1 Å². The average Bonchev–Trinajstić information content (AvgIpc) is 2.57. The molecule has 0 aliphatic rings. The molecule has 24 heavy (non-hydrogen) atoms. The smallest absolute Gasteiger partial charge is 0.225 e. The first kappa shape index (κ1) is 18.4. The molecule has 4 nitrogen and oxygen atoms in total. The van der Waals surface area contributed by atoms with Gasteiger partial charge >= 0.3 is 0 Å². The number of hydrogen-bond donors (Lipinski definition) is 1. The maximum Gasteiger partial charge on any atom is 0.225 e. The molecule has 0 aromatic heterocycles. The predicted molar refractivity (Wildman–Crippen MR) is 96.8 cm³/mol. The minimum absolute atomic E-state index is 0.208. The van der Waals surface area contributed by atoms with Gasteiger partial charge in [0.1, 0.15) is 18.2 Å². The lowest BCUT2D eigenvalue weighted by Gasteiger charge is -2.17. The molecule has 2 rings (SSSR count). The number of likely N-dealkylation sites (N-methyl/N-ethyl adjacent to an activating group) is 1. The van der Waals surface area contributed by atoms with Gasteiger partial charge in [0.25, 0.3) is 0 Å². The van der Waals surface area contributed by atoms with E-state index in [-0.39, 0.29) is 11.6 Å². The van der Waals surface area contributed by atoms with Crippen LogP contribution in [-0.4, -0.2) is 37.6 Å². The molecule has 1 N–H and O–H groups in total. The molecule has 0 heterocycles. The van der Waals surface area contributed by atoms with Crippen molar-refractivity contribution in [3.05, 3.63) is 58.8 Å². The predicted octanol–water partition coefficient (Wildman–Crippen LogP) is 3.93. The molecule has 0 saturated heterocycles. The summed E-state index contributed by atoms with van der Waals surface area (Å²) in [7, 11) is 1.92. The Bertz CT molecular complexity index is 664. The molecule has 0 spiro atoms. The zero-order valence-electron chi connectivity index (χ0n) is 13.5. The van der Waals surface area contributed by atoms with E-state index in [4.69, 9.17) is 4.74 Å². The topological polar surface area (TPSA) is 41.6 Å². The summed E-state index contributed by atoms with van der Waals surface area (Å²) < 4.78 is 20.1. The number of anilines is 1. The van der Waals surface area contributed by atoms with Gasteiger partial charge in [-0.2, -0.15) is 0 Å². The molecule has 0 unspecified atom stereocenters. The highest BCUT2D eigenvalue weighted by Gasteiger charge is 2.08. The van der Waals surface area contributed by atoms with Crippen molar-refractivity contribution in [1.29, 1.82) is 0 Å². The van der Waals surface area contributed by atoms with Crippen LogP contribution < -0.4 is 10.1 Å². The standard InChI is InChI=1S/C18H20BrFN2O2/c1-22(12-13-24-15-8-6-14(19)7-9-15)11-10-18(23)21-17-5-3-2-4-16(17)20/h2-9H,10-13H2,1H3,(H,21,23). The van der Waals surface area contributed by atoms with Crippen LogP contribution >= 0.6 is 15.9 Å². The molecule has 0 aliphatic carbocycles. The third-order valence-corrected chi connectivity index (χ3v) is 3.95. The van der Waals surface area contributed by atoms with Crippen LogP contribution in [0.1, 0.15) is 6.42 Å². The number of rotatable bonds is 8. The summed E-state index contributed by atoms with van der Waals surface area (Å²) in [6.07, 6.45) is 0.295. The van der Waals surface area contributed by atoms with E-state index in [1.54, 1.807) is 18.2 Å². The zero-order chi connectivity index (χ0) is 17.4. The summed E-state index contributed by atoms with van der Waals surface area (Å²) in [6.45, 7) is 1.81. The molecule has 0 fully saturated rings. The monoisotopic (exact) mass is 394 g/mol. The van der Waals surface area contributed by atoms with E-state index in [0.717, 1.165) is 10.2 Å². The lowest BCUT2D eigenvalue weighted by molar-refractivity contribution is -0.116. The van der Waals surface area contributed by atoms with Crippen molar-refractivity contribution in [3.8, 4) is 5.75 Å². The van der Waals surface area contributed by atoms with Crippen LogP contribution in [0.25, 0.3) is 0 Å². The number of nitrogens with one attached hydrogen (secondary N) is 1. The van der Waals surface area contributed by atoms with E-state index < -0.39 is 5.82 Å². The van der Waals surface area contributed by atoms with Crippen molar-refractivity contribution in [2.24, 2.45) is 0 Å². The minimum Gasteiger partial charge on any atom is -0.492 e. The second-order valence-electron chi connectivity index (χ2n) is 5.38. The van der Waals surface area contributed by atoms with Gasteiger partial charge in [0.15, 0.2) is 0 Å². The largest absolute Gasteiger partial charge is 0.492 e. The van der Waals surface area contributed by atoms with E-state index >= 15 is 0 Å². The van der Waals surface area contributed by atoms with Crippen molar-refractivity contribution in [2.45, 2.75) is 6.42 Å². The molecule has 0 bridgehead atoms. The quantitative estimate of drug-likeness (QED) is 0.737. The van der Waals surface area contributed by atoms with E-state index in [2.05, 4.69) is 21.2 Å². The molecular formula is C18H20BrFN2O2. The molecule has 2 aromatic carbocycles. The highest BCUT2D eigenvalue weighted by Crippen LogP contribution is 2.16. The number of nitrogens with zero attached hydrogens (tertiary/aromatic N) is 1. The third kappa shape index (κ3) is 6.29. The van der Waals surface area contributed by atoms with Gasteiger partial charge in [0.2, 0.25) is 5.91 Å². The van der Waals surface area contributed by atoms with Gasteiger partial charge in [-0.3, -0.25) is 4.79 Å². The Morgan fingerprint density at radius 2 is 1.88 bits per heavy atom. The number of carbonyl (C=O) groups is 1. The molecule has 0 saturated carbocycles. The number of amides is 1. The van der Waals surface area contributed by atoms with Crippen LogP contribution in [0.3, 0.4) is 0 Å². The fourth-order valence-electron chi connectivity index (χ4n) is 2.03. The Balaban J connectivity index is 1.65. The van der Waals surface area contributed by atoms with Crippen LogP contribution in [0.2, 0.25) is 0 Å². The summed E-state index contributed by atoms with van der Waals surface area (Å²) in [5.74, 6) is 0.173. The lowest BCUT2D eigenvalue weighted by Crippen LogP contribution is -2.28. The first-order chi connectivity index (χ1) is 11.5. The van der Waals surface area contributed by atoms with Gasteiger partial charge in [0.05, 0.1) is 5.69 Å². The van der Waals surface area contributed by atoms with Gasteiger partial charge in [-0.05, 0) is 43.4 Å². The number of carbonyl (C=O) groups excluding carboxylic acids is 1. The van der Waals surface area contributed by atoms with Crippen molar-refractivity contribution in [1.82, 2.24) is 4.90 Å². The Hall–Kier alpha value is -1.92. The SMILES string of the molecule is CN(CCOc1ccc(Br)cc1)CCC(=O)Nc1ccccc1F. The average molecular weight is 395 g/mol. The second kappa shape index (κ2) is 9.39. The molecule has 0 atom stereocenters. The highest BCUT2D eigenvalue weighted by atomic mass is 79.9. The van der Waals surface area contributed by atoms with Gasteiger partial charge in [-0.1, -0.05) is 28.1 Å². The summed E-state index contributed by atoms with van der Waals surface area (Å²) in [5, 5.41) is 2.58. The van der Waals surface area contributed by atoms with Crippen molar-refractivity contribution in [2.75, 3.05) is 32.1 Å². The summed E-state index contributed by atoms with van der Waals surface area (Å²) in [4.78, 5) is 13.9. The van der Waals surface area contributed by atoms with Crippen molar-refractivity contribution in [3.63, 3.8) is 0 Å². The number of benzene rings is 2. The number of halogens is 2. The molecule has 128 valence electrons. The maximum atomic E-state index is 13.5. The molecule has 0 radical (unpaired) electrons. The fraction of sp³-hybridized carbons (Fsp3) is 0.278. The molecule has 6 heteroatoms. The highest BCUT2D eigenvalue weighted by molar-refractivity contribution is 9.10. The van der Waals surface area contributed by atoms with Crippen LogP contribution in [0.5, 0.6) is 5.75 Å². The summed E-state index contributed by atoms with van der Waals surface area (Å²) in [6, 6.07) is 13.8. The maximum absolute atomic E-state index is 13.5. The second-order valence-corrected chi connectivity index (χ2v) is 6.30. The molecule has 2 aromatic rings. The summed E-state index contributed by atoms with van der Waals surface area (Å²) in [5.41, 5.74) is 0.212. The molecular weight excluding hydrogens is 375 g/mol. The van der Waals surface area contributed by atoms with Crippen molar-refractivity contribution >= 4 is 27.5 Å². The van der Waals surface area contributed by atoms with Gasteiger partial charge in [0, 0.05) is 24.0 Å². The first-order valence-electron chi connectivity index (χ1n) is 7.66. The van der Waals surface area contributed by atoms with E-state index in [9.17, 15) is 9.18 Å². The van der Waals surface area contributed by atoms with Crippen LogP contribution in [0.4, 0.5) is 10.1 Å². The van der Waals surface area contributed by atoms with Crippen LogP contribution in [-0.2, 0) is 4.79 Å². The Morgan fingerprint density at radius 3 is 2.58 bits per heavy atom. The zero-order valence-corrected chi connectivity index (χ0v) is 15.1. The first-order valence-corrected chi connectivity index (χ1v) is 8.45. The number of hydrogen-bond acceptors (Lipinski definition) is 3. The van der Waals surface area contributed by atoms with Gasteiger partial charge < -0.3 is 15.0 Å². The fourth-order valence-corrected chi connectivity index (χ4v) is 2.29. The minimum atomic E-state index is -0.429. The lowest BCUT2D eigenvalue weighted by atomic mass is 10.3. The Morgan fingerprint density at radius 1 is 1.17 bits per heavy atom. The molecule has 1 amide bonds. The van der Waals surface area contributed by atoms with Crippen LogP contribution in [0.15, 0.2) is 53.0 Å². The van der Waals surface area contributed by atoms with E-state index in [1.165, 1.54) is 6.07 Å². The van der Waals surface area contributed by atoms with E-state index in [1.807, 2.05) is 36.2 Å². The Kier molecular flexibility index (Phi) is 7.21. The number of ether oxygens (including phenoxy) is 1. The van der Waals surface area contributed by atoms with Gasteiger partial charge in [-0.25, -0.2) is 4.39 Å². The van der Waals surface area contributed by atoms with Crippen LogP contribution in [0, 0.1) is 5.82 Å².